The Balaban J connectivity index is 2.25. The molecule has 0 aliphatic heterocycles. The van der Waals surface area contributed by atoms with Gasteiger partial charge in [-0.3, -0.25) is 14.9 Å². The van der Waals surface area contributed by atoms with Crippen LogP contribution in [0.2, 0.25) is 0 Å². The number of carbonyl (C=O) groups is 1. The fraction of sp³-hybridized carbons (Fsp3) is 0.350. The standard InChI is InChI=1S/C20H26N4O4/c1-22(2)18-10-9-15(24(26)27)12-17(18)20(25)21-13-19(23(3)4)14-7-6-8-16(11-14)28-5/h6-12,19H,13H2,1-5H3,(H,21,25). The van der Waals surface area contributed by atoms with Crippen LogP contribution in [-0.2, 0) is 0 Å². The van der Waals surface area contributed by atoms with Crippen LogP contribution in [0, 0.1) is 10.1 Å². The predicted molar refractivity (Wildman–Crippen MR) is 109 cm³/mol. The Bertz CT molecular complexity index is 852. The summed E-state index contributed by atoms with van der Waals surface area (Å²) in [6, 6.07) is 11.9. The molecular formula is C20H26N4O4. The molecule has 0 fully saturated rings. The van der Waals surface area contributed by atoms with Gasteiger partial charge in [-0.05, 0) is 37.9 Å². The van der Waals surface area contributed by atoms with Crippen LogP contribution >= 0.6 is 0 Å². The second-order valence-corrected chi connectivity index (χ2v) is 6.82. The maximum absolute atomic E-state index is 12.8. The average molecular weight is 386 g/mol. The highest BCUT2D eigenvalue weighted by Crippen LogP contribution is 2.25. The van der Waals surface area contributed by atoms with E-state index in [0.29, 0.717) is 12.2 Å². The van der Waals surface area contributed by atoms with E-state index in [2.05, 4.69) is 5.32 Å². The normalized spacial score (nSPS) is 11.8. The number of nitro groups is 1. The predicted octanol–water partition coefficient (Wildman–Crippen LogP) is 2.70. The first-order valence-corrected chi connectivity index (χ1v) is 8.79. The van der Waals surface area contributed by atoms with Crippen LogP contribution < -0.4 is 15.0 Å². The zero-order chi connectivity index (χ0) is 20.8. The Morgan fingerprint density at radius 2 is 1.89 bits per heavy atom. The molecule has 1 unspecified atom stereocenters. The zero-order valence-corrected chi connectivity index (χ0v) is 16.8. The van der Waals surface area contributed by atoms with E-state index < -0.39 is 4.92 Å². The molecule has 0 saturated heterocycles. The van der Waals surface area contributed by atoms with Crippen LogP contribution in [-0.4, -0.2) is 57.6 Å². The molecule has 0 radical (unpaired) electrons. The maximum atomic E-state index is 12.8. The minimum Gasteiger partial charge on any atom is -0.497 e. The zero-order valence-electron chi connectivity index (χ0n) is 16.8. The second-order valence-electron chi connectivity index (χ2n) is 6.82. The molecule has 0 spiro atoms. The molecule has 1 atom stereocenters. The highest BCUT2D eigenvalue weighted by atomic mass is 16.6. The van der Waals surface area contributed by atoms with Crippen molar-refractivity contribution < 1.29 is 14.5 Å². The van der Waals surface area contributed by atoms with Gasteiger partial charge in [0.05, 0.1) is 23.6 Å². The average Bonchev–Trinajstić information content (AvgIpc) is 2.67. The number of carbonyl (C=O) groups excluding carboxylic acids is 1. The molecule has 2 aromatic carbocycles. The summed E-state index contributed by atoms with van der Waals surface area (Å²) >= 11 is 0. The lowest BCUT2D eigenvalue weighted by Gasteiger charge is -2.26. The van der Waals surface area contributed by atoms with Gasteiger partial charge in [-0.25, -0.2) is 0 Å². The molecule has 0 aliphatic carbocycles. The molecule has 8 nitrogen and oxygen atoms in total. The summed E-state index contributed by atoms with van der Waals surface area (Å²) in [6.07, 6.45) is 0. The molecule has 8 heteroatoms. The smallest absolute Gasteiger partial charge is 0.270 e. The van der Waals surface area contributed by atoms with E-state index in [1.165, 1.54) is 12.1 Å². The molecule has 0 heterocycles. The summed E-state index contributed by atoms with van der Waals surface area (Å²) in [5, 5.41) is 14.0. The number of amides is 1. The van der Waals surface area contributed by atoms with E-state index in [4.69, 9.17) is 4.74 Å². The van der Waals surface area contributed by atoms with Crippen molar-refractivity contribution in [3.63, 3.8) is 0 Å². The topological polar surface area (TPSA) is 87.9 Å². The molecule has 28 heavy (non-hydrogen) atoms. The second kappa shape index (κ2) is 9.18. The summed E-state index contributed by atoms with van der Waals surface area (Å²) in [6.45, 7) is 0.342. The molecule has 150 valence electrons. The summed E-state index contributed by atoms with van der Waals surface area (Å²) in [4.78, 5) is 27.2. The van der Waals surface area contributed by atoms with Crippen molar-refractivity contribution >= 4 is 17.3 Å². The number of nitro benzene ring substituents is 1. The van der Waals surface area contributed by atoms with E-state index in [0.717, 1.165) is 11.3 Å². The number of methoxy groups -OCH3 is 1. The third kappa shape index (κ3) is 4.98. The molecular weight excluding hydrogens is 360 g/mol. The van der Waals surface area contributed by atoms with Crippen molar-refractivity contribution in [3.8, 4) is 5.75 Å². The van der Waals surface area contributed by atoms with Crippen LogP contribution in [0.25, 0.3) is 0 Å². The molecule has 2 rings (SSSR count). The van der Waals surface area contributed by atoms with E-state index in [-0.39, 0.29) is 23.2 Å². The fourth-order valence-corrected chi connectivity index (χ4v) is 2.94. The summed E-state index contributed by atoms with van der Waals surface area (Å²) < 4.78 is 5.28. The Hall–Kier alpha value is -3.13. The van der Waals surface area contributed by atoms with Crippen LogP contribution in [0.4, 0.5) is 11.4 Å². The van der Waals surface area contributed by atoms with Crippen LogP contribution in [0.15, 0.2) is 42.5 Å². The molecule has 0 bridgehead atoms. The lowest BCUT2D eigenvalue weighted by atomic mass is 10.0. The molecule has 1 amide bonds. The van der Waals surface area contributed by atoms with Crippen LogP contribution in [0.3, 0.4) is 0 Å². The third-order valence-electron chi connectivity index (χ3n) is 4.48. The number of non-ortho nitro benzene ring substituents is 1. The molecule has 1 N–H and O–H groups in total. The van der Waals surface area contributed by atoms with Gasteiger partial charge in [0.1, 0.15) is 5.75 Å². The summed E-state index contributed by atoms with van der Waals surface area (Å²) in [5.74, 6) is 0.381. The number of hydrogen-bond donors (Lipinski definition) is 1. The van der Waals surface area contributed by atoms with Gasteiger partial charge in [0.25, 0.3) is 11.6 Å². The SMILES string of the molecule is COc1cccc(C(CNC(=O)c2cc([N+](=O)[O-])ccc2N(C)C)N(C)C)c1. The van der Waals surface area contributed by atoms with Crippen LogP contribution in [0.1, 0.15) is 22.0 Å². The number of anilines is 1. The Kier molecular flexibility index (Phi) is 6.94. The first-order chi connectivity index (χ1) is 13.2. The number of rotatable bonds is 8. The van der Waals surface area contributed by atoms with Crippen molar-refractivity contribution in [2.24, 2.45) is 0 Å². The third-order valence-corrected chi connectivity index (χ3v) is 4.48. The van der Waals surface area contributed by atoms with E-state index >= 15 is 0 Å². The van der Waals surface area contributed by atoms with Crippen molar-refractivity contribution in [2.75, 3.05) is 46.7 Å². The lowest BCUT2D eigenvalue weighted by molar-refractivity contribution is -0.384. The van der Waals surface area contributed by atoms with Crippen molar-refractivity contribution in [1.82, 2.24) is 10.2 Å². The quantitative estimate of drug-likeness (QED) is 0.554. The number of nitrogens with zero attached hydrogens (tertiary/aromatic N) is 3. The van der Waals surface area contributed by atoms with Crippen molar-refractivity contribution in [2.45, 2.75) is 6.04 Å². The number of hydrogen-bond acceptors (Lipinski definition) is 6. The minimum absolute atomic E-state index is 0.0828. The van der Waals surface area contributed by atoms with Crippen molar-refractivity contribution in [3.05, 3.63) is 63.7 Å². The Morgan fingerprint density at radius 1 is 1.18 bits per heavy atom. The van der Waals surface area contributed by atoms with Gasteiger partial charge in [0, 0.05) is 38.5 Å². The number of likely N-dealkylation sites (N-methyl/N-ethyl adjacent to an activating group) is 1. The highest BCUT2D eigenvalue weighted by molar-refractivity contribution is 6.00. The van der Waals surface area contributed by atoms with Gasteiger partial charge in [0.15, 0.2) is 0 Å². The first-order valence-electron chi connectivity index (χ1n) is 8.79. The highest BCUT2D eigenvalue weighted by Gasteiger charge is 2.20. The molecule has 2 aromatic rings. The van der Waals surface area contributed by atoms with Gasteiger partial charge in [-0.1, -0.05) is 12.1 Å². The fourth-order valence-electron chi connectivity index (χ4n) is 2.94. The Labute approximate surface area is 164 Å². The van der Waals surface area contributed by atoms with E-state index in [1.807, 2.05) is 43.3 Å². The summed E-state index contributed by atoms with van der Waals surface area (Å²) in [7, 11) is 9.04. The Morgan fingerprint density at radius 3 is 2.46 bits per heavy atom. The number of nitrogens with one attached hydrogen (secondary N) is 1. The molecule has 0 saturated carbocycles. The van der Waals surface area contributed by atoms with Crippen LogP contribution in [0.5, 0.6) is 5.75 Å². The van der Waals surface area contributed by atoms with Crippen molar-refractivity contribution in [1.29, 1.82) is 0 Å². The molecule has 0 aromatic heterocycles. The first kappa shape index (κ1) is 21.2. The number of benzene rings is 2. The largest absolute Gasteiger partial charge is 0.497 e. The van der Waals surface area contributed by atoms with E-state index in [9.17, 15) is 14.9 Å². The van der Waals surface area contributed by atoms with Gasteiger partial charge in [0.2, 0.25) is 0 Å². The monoisotopic (exact) mass is 386 g/mol. The van der Waals surface area contributed by atoms with Gasteiger partial charge >= 0.3 is 0 Å². The summed E-state index contributed by atoms with van der Waals surface area (Å²) in [5.41, 5.74) is 1.76. The lowest BCUT2D eigenvalue weighted by Crippen LogP contribution is -2.35. The van der Waals surface area contributed by atoms with Gasteiger partial charge in [-0.2, -0.15) is 0 Å². The van der Waals surface area contributed by atoms with Gasteiger partial charge < -0.3 is 19.9 Å². The number of ether oxygens (including phenoxy) is 1. The minimum atomic E-state index is -0.505. The molecule has 0 aliphatic rings. The van der Waals surface area contributed by atoms with Gasteiger partial charge in [-0.15, -0.1) is 0 Å². The van der Waals surface area contributed by atoms with E-state index in [1.54, 1.807) is 32.2 Å². The maximum Gasteiger partial charge on any atom is 0.270 e.